The van der Waals surface area contributed by atoms with Crippen LogP contribution >= 0.6 is 0 Å². The van der Waals surface area contributed by atoms with Crippen LogP contribution in [0.4, 0.5) is 5.82 Å². The number of carbonyl (C=O) groups excluding carboxylic acids is 1. The number of pyridine rings is 2. The summed E-state index contributed by atoms with van der Waals surface area (Å²) in [5.74, 6) is 0.846. The minimum atomic E-state index is -0.167. The van der Waals surface area contributed by atoms with Gasteiger partial charge in [0, 0.05) is 50.9 Å². The Balaban J connectivity index is 1.59. The maximum atomic E-state index is 13.1. The zero-order chi connectivity index (χ0) is 18.1. The van der Waals surface area contributed by atoms with Crippen molar-refractivity contribution in [2.45, 2.75) is 0 Å². The van der Waals surface area contributed by atoms with E-state index < -0.39 is 0 Å². The summed E-state index contributed by atoms with van der Waals surface area (Å²) < 4.78 is 1.57. The smallest absolute Gasteiger partial charge is 0.254 e. The number of aromatic nitrogens is 2. The molecule has 6 nitrogen and oxygen atoms in total. The van der Waals surface area contributed by atoms with Crippen LogP contribution in [0.25, 0.3) is 10.9 Å². The molecule has 3 aromatic rings. The largest absolute Gasteiger partial charge is 0.353 e. The third-order valence-electron chi connectivity index (χ3n) is 4.92. The summed E-state index contributed by atoms with van der Waals surface area (Å²) >= 11 is 0. The Morgan fingerprint density at radius 1 is 1.00 bits per heavy atom. The van der Waals surface area contributed by atoms with Crippen LogP contribution in [0.1, 0.15) is 10.4 Å². The van der Waals surface area contributed by atoms with Crippen LogP contribution in [-0.2, 0) is 7.05 Å². The molecule has 0 atom stereocenters. The van der Waals surface area contributed by atoms with Gasteiger partial charge in [0.25, 0.3) is 11.5 Å². The number of rotatable bonds is 2. The number of amides is 1. The fraction of sp³-hybridized carbons (Fsp3) is 0.250. The van der Waals surface area contributed by atoms with E-state index in [1.807, 2.05) is 47.4 Å². The minimum Gasteiger partial charge on any atom is -0.353 e. The second kappa shape index (κ2) is 6.63. The highest BCUT2D eigenvalue weighted by atomic mass is 16.2. The molecule has 1 fully saturated rings. The Labute approximate surface area is 151 Å². The molecule has 2 aromatic heterocycles. The number of carbonyl (C=O) groups is 1. The van der Waals surface area contributed by atoms with E-state index in [2.05, 4.69) is 9.88 Å². The summed E-state index contributed by atoms with van der Waals surface area (Å²) in [5.41, 5.74) is 1.09. The molecule has 3 heterocycles. The predicted molar refractivity (Wildman–Crippen MR) is 102 cm³/mol. The van der Waals surface area contributed by atoms with Gasteiger partial charge in [0.2, 0.25) is 0 Å². The van der Waals surface area contributed by atoms with E-state index in [9.17, 15) is 9.59 Å². The van der Waals surface area contributed by atoms with Crippen molar-refractivity contribution in [2.24, 2.45) is 7.05 Å². The Morgan fingerprint density at radius 3 is 2.46 bits per heavy atom. The molecule has 0 N–H and O–H groups in total. The van der Waals surface area contributed by atoms with Gasteiger partial charge in [0.15, 0.2) is 0 Å². The van der Waals surface area contributed by atoms with Gasteiger partial charge in [-0.2, -0.15) is 0 Å². The summed E-state index contributed by atoms with van der Waals surface area (Å²) in [6.45, 7) is 2.68. The van der Waals surface area contributed by atoms with Crippen molar-refractivity contribution in [3.8, 4) is 0 Å². The average molecular weight is 348 g/mol. The van der Waals surface area contributed by atoms with Gasteiger partial charge in [-0.3, -0.25) is 9.59 Å². The highest BCUT2D eigenvalue weighted by molar-refractivity contribution is 6.06. The van der Waals surface area contributed by atoms with Crippen molar-refractivity contribution in [1.29, 1.82) is 0 Å². The van der Waals surface area contributed by atoms with E-state index in [-0.39, 0.29) is 11.5 Å². The van der Waals surface area contributed by atoms with Gasteiger partial charge in [-0.1, -0.05) is 24.3 Å². The van der Waals surface area contributed by atoms with Crippen LogP contribution in [-0.4, -0.2) is 46.5 Å². The molecule has 0 bridgehead atoms. The van der Waals surface area contributed by atoms with E-state index in [0.29, 0.717) is 18.7 Å². The molecule has 1 aromatic carbocycles. The molecule has 1 aliphatic heterocycles. The summed E-state index contributed by atoms with van der Waals surface area (Å²) in [5, 5.41) is 0.812. The molecule has 0 radical (unpaired) electrons. The molecular formula is C20H20N4O2. The molecule has 0 saturated carbocycles. The first-order valence-electron chi connectivity index (χ1n) is 8.69. The fourth-order valence-electron chi connectivity index (χ4n) is 3.44. The topological polar surface area (TPSA) is 58.4 Å². The van der Waals surface area contributed by atoms with Gasteiger partial charge >= 0.3 is 0 Å². The van der Waals surface area contributed by atoms with Crippen LogP contribution in [0.2, 0.25) is 0 Å². The number of hydrogen-bond acceptors (Lipinski definition) is 4. The second-order valence-electron chi connectivity index (χ2n) is 6.44. The molecule has 26 heavy (non-hydrogen) atoms. The zero-order valence-electron chi connectivity index (χ0n) is 14.6. The average Bonchev–Trinajstić information content (AvgIpc) is 2.71. The lowest BCUT2D eigenvalue weighted by Crippen LogP contribution is -2.49. The molecule has 0 spiro atoms. The van der Waals surface area contributed by atoms with Crippen LogP contribution in [0, 0.1) is 0 Å². The normalized spacial score (nSPS) is 14.7. The van der Waals surface area contributed by atoms with Gasteiger partial charge in [0.05, 0.1) is 11.1 Å². The summed E-state index contributed by atoms with van der Waals surface area (Å²) in [7, 11) is 1.73. The van der Waals surface area contributed by atoms with Crippen molar-refractivity contribution in [2.75, 3.05) is 31.1 Å². The lowest BCUT2D eigenvalue weighted by atomic mass is 10.1. The van der Waals surface area contributed by atoms with Crippen molar-refractivity contribution < 1.29 is 4.79 Å². The summed E-state index contributed by atoms with van der Waals surface area (Å²) in [6, 6.07) is 14.8. The third kappa shape index (κ3) is 2.83. The van der Waals surface area contributed by atoms with Crippen molar-refractivity contribution in [1.82, 2.24) is 14.5 Å². The van der Waals surface area contributed by atoms with E-state index in [1.165, 1.54) is 6.07 Å². The maximum absolute atomic E-state index is 13.1. The Hall–Kier alpha value is -3.15. The first-order chi connectivity index (χ1) is 12.6. The van der Waals surface area contributed by atoms with Crippen LogP contribution in [0.15, 0.2) is 59.5 Å². The maximum Gasteiger partial charge on any atom is 0.254 e. The van der Waals surface area contributed by atoms with Gasteiger partial charge in [-0.25, -0.2) is 4.98 Å². The Kier molecular flexibility index (Phi) is 4.16. The van der Waals surface area contributed by atoms with E-state index >= 15 is 0 Å². The molecule has 0 aliphatic carbocycles. The summed E-state index contributed by atoms with van der Waals surface area (Å²) in [6.07, 6.45) is 1.78. The van der Waals surface area contributed by atoms with Gasteiger partial charge in [-0.15, -0.1) is 0 Å². The van der Waals surface area contributed by atoms with Crippen molar-refractivity contribution >= 4 is 22.6 Å². The molecular weight excluding hydrogens is 328 g/mol. The van der Waals surface area contributed by atoms with Crippen LogP contribution in [0.5, 0.6) is 0 Å². The first-order valence-corrected chi connectivity index (χ1v) is 8.69. The minimum absolute atomic E-state index is 0.0837. The van der Waals surface area contributed by atoms with E-state index in [0.717, 1.165) is 29.8 Å². The number of anilines is 1. The molecule has 1 saturated heterocycles. The monoisotopic (exact) mass is 348 g/mol. The molecule has 1 amide bonds. The number of piperazine rings is 1. The highest BCUT2D eigenvalue weighted by Crippen LogP contribution is 2.20. The summed E-state index contributed by atoms with van der Waals surface area (Å²) in [4.78, 5) is 33.7. The number of fused-ring (bicyclic) bond motifs is 1. The molecule has 6 heteroatoms. The number of aryl methyl sites for hydroxylation is 1. The first kappa shape index (κ1) is 16.3. The lowest BCUT2D eigenvalue weighted by Gasteiger charge is -2.35. The predicted octanol–water partition coefficient (Wildman–Crippen LogP) is 1.90. The molecule has 1 aliphatic rings. The zero-order valence-corrected chi connectivity index (χ0v) is 14.6. The molecule has 0 unspecified atom stereocenters. The Morgan fingerprint density at radius 2 is 1.73 bits per heavy atom. The highest BCUT2D eigenvalue weighted by Gasteiger charge is 2.24. The van der Waals surface area contributed by atoms with E-state index in [4.69, 9.17) is 0 Å². The van der Waals surface area contributed by atoms with Gasteiger partial charge in [-0.05, 0) is 18.2 Å². The molecule has 4 rings (SSSR count). The SMILES string of the molecule is Cn1c(=O)cc(C(=O)N2CCN(c3ccccn3)CC2)c2ccccc21. The Bertz CT molecular complexity index is 1010. The van der Waals surface area contributed by atoms with Crippen LogP contribution in [0.3, 0.4) is 0 Å². The molecule has 132 valence electrons. The van der Waals surface area contributed by atoms with Crippen molar-refractivity contribution in [3.63, 3.8) is 0 Å². The standard InChI is InChI=1S/C20H20N4O2/c1-22-17-7-3-2-6-15(17)16(14-19(22)25)20(26)24-12-10-23(11-13-24)18-8-4-5-9-21-18/h2-9,14H,10-13H2,1H3. The number of para-hydroxylation sites is 1. The van der Waals surface area contributed by atoms with Crippen LogP contribution < -0.4 is 10.5 Å². The van der Waals surface area contributed by atoms with Gasteiger partial charge in [0.1, 0.15) is 5.82 Å². The lowest BCUT2D eigenvalue weighted by molar-refractivity contribution is 0.0748. The van der Waals surface area contributed by atoms with Crippen molar-refractivity contribution in [3.05, 3.63) is 70.6 Å². The third-order valence-corrected chi connectivity index (χ3v) is 4.92. The van der Waals surface area contributed by atoms with Gasteiger partial charge < -0.3 is 14.4 Å². The number of benzene rings is 1. The second-order valence-corrected chi connectivity index (χ2v) is 6.44. The van der Waals surface area contributed by atoms with E-state index in [1.54, 1.807) is 17.8 Å². The quantitative estimate of drug-likeness (QED) is 0.710. The number of nitrogens with zero attached hydrogens (tertiary/aromatic N) is 4. The number of hydrogen-bond donors (Lipinski definition) is 0. The fourth-order valence-corrected chi connectivity index (χ4v) is 3.44.